The zero-order valence-electron chi connectivity index (χ0n) is 18.7. The van der Waals surface area contributed by atoms with Crippen molar-refractivity contribution in [2.24, 2.45) is 5.92 Å². The summed E-state index contributed by atoms with van der Waals surface area (Å²) in [6.07, 6.45) is 3.46. The van der Waals surface area contributed by atoms with Gasteiger partial charge < -0.3 is 19.9 Å². The molecule has 3 heterocycles. The maximum absolute atomic E-state index is 12.4. The number of rotatable bonds is 5. The molecule has 0 aliphatic heterocycles. The summed E-state index contributed by atoms with van der Waals surface area (Å²) in [5, 5.41) is 4.44. The normalized spacial score (nSPS) is 15.7. The number of aromatic nitrogens is 3. The second-order valence-corrected chi connectivity index (χ2v) is 10.9. The lowest BCUT2D eigenvalue weighted by molar-refractivity contribution is 0.0608. The molecule has 0 fully saturated rings. The molecule has 0 saturated heterocycles. The topological polar surface area (TPSA) is 100 Å². The van der Waals surface area contributed by atoms with Crippen LogP contribution >= 0.6 is 22.7 Å². The van der Waals surface area contributed by atoms with Gasteiger partial charge in [0.25, 0.3) is 0 Å². The molecular formula is C23H25N5O3S2. The van der Waals surface area contributed by atoms with Crippen LogP contribution in [0.3, 0.4) is 0 Å². The number of amides is 1. The molecule has 1 aliphatic carbocycles. The van der Waals surface area contributed by atoms with Crippen LogP contribution < -0.4 is 10.2 Å². The van der Waals surface area contributed by atoms with Gasteiger partial charge in [-0.3, -0.25) is 4.79 Å². The van der Waals surface area contributed by atoms with Gasteiger partial charge in [-0.05, 0) is 42.5 Å². The van der Waals surface area contributed by atoms with Crippen LogP contribution in [0.4, 0.5) is 16.3 Å². The number of hydrogen-bond acceptors (Lipinski definition) is 8. The van der Waals surface area contributed by atoms with E-state index >= 15 is 0 Å². The minimum Gasteiger partial charge on any atom is -0.446 e. The highest BCUT2D eigenvalue weighted by molar-refractivity contribution is 7.19. The summed E-state index contributed by atoms with van der Waals surface area (Å²) in [5.41, 5.74) is 2.93. The minimum atomic E-state index is -0.261. The number of hydrogen-bond donors (Lipinski definition) is 2. The number of carbonyl (C=O) groups is 1. The van der Waals surface area contributed by atoms with Gasteiger partial charge in [-0.1, -0.05) is 25.2 Å². The molecule has 1 aromatic carbocycles. The van der Waals surface area contributed by atoms with Gasteiger partial charge in [0.05, 0.1) is 15.6 Å². The first kappa shape index (κ1) is 21.8. The van der Waals surface area contributed by atoms with Gasteiger partial charge in [0.2, 0.25) is 0 Å². The highest BCUT2D eigenvalue weighted by Gasteiger charge is 2.28. The fraction of sp³-hybridized carbons (Fsp3) is 0.391. The molecule has 1 atom stereocenters. The van der Waals surface area contributed by atoms with Crippen molar-refractivity contribution in [2.75, 3.05) is 18.9 Å². The number of ether oxygens (including phenoxy) is 1. The summed E-state index contributed by atoms with van der Waals surface area (Å²) in [4.78, 5) is 39.6. The Morgan fingerprint density at radius 2 is 2.18 bits per heavy atom. The van der Waals surface area contributed by atoms with E-state index in [-0.39, 0.29) is 17.1 Å². The monoisotopic (exact) mass is 483 g/mol. The van der Waals surface area contributed by atoms with Crippen LogP contribution in [0.25, 0.3) is 20.4 Å². The summed E-state index contributed by atoms with van der Waals surface area (Å²) >= 11 is 2.83. The maximum atomic E-state index is 12.4. The molecule has 33 heavy (non-hydrogen) atoms. The standard InChI is InChI=1S/C23H25N5O3S2/c1-12(2)10-28(3)23(30)31-14-5-6-15-17(9-14)32-21-19(15)20(24-11-25-21)26-13-4-7-16-18(8-13)33-22(29)27-16/h4,7-8,11-12,14H,5-6,9-10H2,1-3H3,(H,27,29)(H,24,25,26). The van der Waals surface area contributed by atoms with Crippen molar-refractivity contribution in [3.63, 3.8) is 0 Å². The van der Waals surface area contributed by atoms with E-state index in [1.165, 1.54) is 21.8 Å². The van der Waals surface area contributed by atoms with E-state index in [1.807, 2.05) is 18.2 Å². The molecule has 0 radical (unpaired) electrons. The zero-order valence-corrected chi connectivity index (χ0v) is 20.3. The second kappa shape index (κ2) is 8.75. The second-order valence-electron chi connectivity index (χ2n) is 8.78. The largest absolute Gasteiger partial charge is 0.446 e. The lowest BCUT2D eigenvalue weighted by Crippen LogP contribution is -2.35. The molecule has 0 bridgehead atoms. The fourth-order valence-electron chi connectivity index (χ4n) is 4.29. The predicted octanol–water partition coefficient (Wildman–Crippen LogP) is 4.92. The Labute approximate surface area is 198 Å². The molecule has 4 aromatic rings. The number of thiazole rings is 1. The molecule has 1 unspecified atom stereocenters. The van der Waals surface area contributed by atoms with Crippen molar-refractivity contribution in [2.45, 2.75) is 39.2 Å². The number of carbonyl (C=O) groups excluding carboxylic acids is 1. The number of H-pyrrole nitrogens is 1. The molecule has 172 valence electrons. The number of nitrogens with one attached hydrogen (secondary N) is 2. The number of anilines is 2. The SMILES string of the molecule is CC(C)CN(C)C(=O)OC1CCc2c(sc3ncnc(Nc4ccc5[nH]c(=O)sc5c4)c23)C1. The summed E-state index contributed by atoms with van der Waals surface area (Å²) in [5.74, 6) is 1.15. The van der Waals surface area contributed by atoms with Crippen LogP contribution in [0.5, 0.6) is 0 Å². The van der Waals surface area contributed by atoms with Crippen molar-refractivity contribution < 1.29 is 9.53 Å². The Morgan fingerprint density at radius 1 is 1.33 bits per heavy atom. The molecule has 0 spiro atoms. The van der Waals surface area contributed by atoms with Gasteiger partial charge in [-0.15, -0.1) is 11.3 Å². The molecule has 10 heteroatoms. The van der Waals surface area contributed by atoms with Crippen LogP contribution in [0, 0.1) is 5.92 Å². The zero-order chi connectivity index (χ0) is 23.1. The number of fused-ring (bicyclic) bond motifs is 4. The first-order valence-corrected chi connectivity index (χ1v) is 12.6. The summed E-state index contributed by atoms with van der Waals surface area (Å²) in [6.45, 7) is 4.84. The van der Waals surface area contributed by atoms with E-state index in [4.69, 9.17) is 4.74 Å². The Bertz CT molecular complexity index is 1390. The third-order valence-electron chi connectivity index (χ3n) is 5.70. The van der Waals surface area contributed by atoms with Gasteiger partial charge in [-0.25, -0.2) is 14.8 Å². The minimum absolute atomic E-state index is 0.0656. The van der Waals surface area contributed by atoms with Crippen LogP contribution in [-0.4, -0.2) is 45.6 Å². The van der Waals surface area contributed by atoms with E-state index in [0.29, 0.717) is 18.9 Å². The Balaban J connectivity index is 1.38. The number of benzene rings is 1. The van der Waals surface area contributed by atoms with Gasteiger partial charge in [0.15, 0.2) is 0 Å². The molecule has 8 nitrogen and oxygen atoms in total. The van der Waals surface area contributed by atoms with E-state index in [2.05, 4.69) is 34.1 Å². The van der Waals surface area contributed by atoms with Gasteiger partial charge in [0, 0.05) is 30.6 Å². The van der Waals surface area contributed by atoms with E-state index < -0.39 is 0 Å². The molecule has 3 aromatic heterocycles. The highest BCUT2D eigenvalue weighted by Crippen LogP contribution is 2.39. The van der Waals surface area contributed by atoms with E-state index in [0.717, 1.165) is 44.8 Å². The Morgan fingerprint density at radius 3 is 3.00 bits per heavy atom. The molecule has 1 amide bonds. The number of aromatic amines is 1. The van der Waals surface area contributed by atoms with E-state index in [1.54, 1.807) is 29.6 Å². The van der Waals surface area contributed by atoms with Gasteiger partial charge in [0.1, 0.15) is 23.1 Å². The third-order valence-corrected chi connectivity index (χ3v) is 7.71. The third kappa shape index (κ3) is 4.45. The number of thiophene rings is 1. The molecule has 1 aliphatic rings. The first-order chi connectivity index (χ1) is 15.9. The van der Waals surface area contributed by atoms with Crippen molar-refractivity contribution >= 4 is 60.7 Å². The summed E-state index contributed by atoms with van der Waals surface area (Å²) in [6, 6.07) is 5.78. The van der Waals surface area contributed by atoms with Crippen molar-refractivity contribution in [1.82, 2.24) is 19.9 Å². The number of nitrogens with zero attached hydrogens (tertiary/aromatic N) is 3. The lowest BCUT2D eigenvalue weighted by Gasteiger charge is -2.26. The molecule has 0 saturated carbocycles. The van der Waals surface area contributed by atoms with Crippen molar-refractivity contribution in [1.29, 1.82) is 0 Å². The van der Waals surface area contributed by atoms with Crippen molar-refractivity contribution in [3.8, 4) is 0 Å². The van der Waals surface area contributed by atoms with Gasteiger partial charge >= 0.3 is 11.0 Å². The fourth-order valence-corrected chi connectivity index (χ4v) is 6.32. The molecular weight excluding hydrogens is 458 g/mol. The van der Waals surface area contributed by atoms with E-state index in [9.17, 15) is 9.59 Å². The van der Waals surface area contributed by atoms with Crippen LogP contribution in [-0.2, 0) is 17.6 Å². The molecule has 5 rings (SSSR count). The average molecular weight is 484 g/mol. The summed E-state index contributed by atoms with van der Waals surface area (Å²) < 4.78 is 6.69. The smallest absolute Gasteiger partial charge is 0.409 e. The Kier molecular flexibility index (Phi) is 5.79. The highest BCUT2D eigenvalue weighted by atomic mass is 32.1. The summed E-state index contributed by atoms with van der Waals surface area (Å²) in [7, 11) is 1.78. The number of aryl methyl sites for hydroxylation is 1. The average Bonchev–Trinajstić information content (AvgIpc) is 3.32. The quantitative estimate of drug-likeness (QED) is 0.418. The maximum Gasteiger partial charge on any atom is 0.409 e. The van der Waals surface area contributed by atoms with Crippen LogP contribution in [0.2, 0.25) is 0 Å². The first-order valence-electron chi connectivity index (χ1n) is 10.9. The van der Waals surface area contributed by atoms with Crippen LogP contribution in [0.1, 0.15) is 30.7 Å². The van der Waals surface area contributed by atoms with Crippen molar-refractivity contribution in [3.05, 3.63) is 44.6 Å². The lowest BCUT2D eigenvalue weighted by atomic mass is 9.94. The molecule has 2 N–H and O–H groups in total. The van der Waals surface area contributed by atoms with Crippen LogP contribution in [0.15, 0.2) is 29.3 Å². The Hall–Kier alpha value is -2.98. The van der Waals surface area contributed by atoms with Gasteiger partial charge in [-0.2, -0.15) is 0 Å². The predicted molar refractivity (Wildman–Crippen MR) is 133 cm³/mol.